The van der Waals surface area contributed by atoms with E-state index < -0.39 is 4.92 Å². The molecule has 1 amide bonds. The van der Waals surface area contributed by atoms with E-state index in [2.05, 4.69) is 15.9 Å². The molecule has 1 aromatic rings. The first kappa shape index (κ1) is 13.0. The lowest BCUT2D eigenvalue weighted by molar-refractivity contribution is -0.385. The third-order valence-electron chi connectivity index (χ3n) is 2.90. The Labute approximate surface area is 111 Å². The monoisotopic (exact) mass is 314 g/mol. The number of halogens is 1. The van der Waals surface area contributed by atoms with Gasteiger partial charge in [-0.15, -0.1) is 0 Å². The maximum atomic E-state index is 11.7. The smallest absolute Gasteiger partial charge is 0.285 e. The molecule has 96 valence electrons. The van der Waals surface area contributed by atoms with Crippen molar-refractivity contribution in [2.45, 2.75) is 6.42 Å². The Balaban J connectivity index is 2.32. The van der Waals surface area contributed by atoms with Crippen LogP contribution in [0.25, 0.3) is 0 Å². The van der Waals surface area contributed by atoms with Gasteiger partial charge in [-0.05, 0) is 28.1 Å². The molecule has 1 aliphatic rings. The van der Waals surface area contributed by atoms with Gasteiger partial charge in [0.15, 0.2) is 0 Å². The van der Waals surface area contributed by atoms with Crippen LogP contribution in [-0.2, 0) is 4.79 Å². The van der Waals surface area contributed by atoms with Crippen LogP contribution in [-0.4, -0.2) is 29.1 Å². The van der Waals surface area contributed by atoms with Crippen molar-refractivity contribution in [3.05, 3.63) is 32.8 Å². The first-order valence-corrected chi connectivity index (χ1v) is 6.17. The van der Waals surface area contributed by atoms with E-state index in [1.54, 1.807) is 12.1 Å². The number of amides is 1. The van der Waals surface area contributed by atoms with E-state index in [1.807, 2.05) is 0 Å². The minimum atomic E-state index is -0.502. The van der Waals surface area contributed by atoms with Crippen molar-refractivity contribution in [3.63, 3.8) is 0 Å². The molecule has 1 atom stereocenters. The Hall–Kier alpha value is -1.47. The van der Waals surface area contributed by atoms with Gasteiger partial charge in [-0.2, -0.15) is 0 Å². The molecule has 1 aliphatic heterocycles. The predicted octanol–water partition coefficient (Wildman–Crippen LogP) is 1.70. The topological polar surface area (TPSA) is 83.7 Å². The van der Waals surface area contributed by atoms with Crippen LogP contribution in [0.3, 0.4) is 0 Å². The second-order valence-corrected chi connectivity index (χ2v) is 5.00. The van der Waals surface area contributed by atoms with Gasteiger partial charge in [0.25, 0.3) is 5.69 Å². The fraction of sp³-hybridized carbons (Fsp3) is 0.364. The standard InChI is InChI=1S/C11H11BrN2O4/c12-9-2-1-8(4-10(9)14(17)18)13-5-7(6-15)3-11(13)16/h1-2,4,7,15H,3,5-6H2. The van der Waals surface area contributed by atoms with Crippen LogP contribution >= 0.6 is 15.9 Å². The van der Waals surface area contributed by atoms with E-state index >= 15 is 0 Å². The zero-order valence-electron chi connectivity index (χ0n) is 9.38. The zero-order valence-corrected chi connectivity index (χ0v) is 11.0. The molecular formula is C11H11BrN2O4. The minimum Gasteiger partial charge on any atom is -0.396 e. The van der Waals surface area contributed by atoms with Gasteiger partial charge in [0.05, 0.1) is 15.1 Å². The van der Waals surface area contributed by atoms with Gasteiger partial charge in [-0.3, -0.25) is 14.9 Å². The highest BCUT2D eigenvalue weighted by Crippen LogP contribution is 2.32. The Bertz CT molecular complexity index is 506. The number of benzene rings is 1. The third kappa shape index (κ3) is 2.37. The van der Waals surface area contributed by atoms with Gasteiger partial charge in [0.2, 0.25) is 5.91 Å². The molecule has 7 heteroatoms. The summed E-state index contributed by atoms with van der Waals surface area (Å²) in [6.07, 6.45) is 0.278. The molecule has 18 heavy (non-hydrogen) atoms. The maximum Gasteiger partial charge on any atom is 0.285 e. The highest BCUT2D eigenvalue weighted by molar-refractivity contribution is 9.10. The van der Waals surface area contributed by atoms with Crippen molar-refractivity contribution >= 4 is 33.2 Å². The quantitative estimate of drug-likeness (QED) is 0.680. The number of nitro benzene ring substituents is 1. The van der Waals surface area contributed by atoms with Crippen LogP contribution < -0.4 is 4.90 Å². The van der Waals surface area contributed by atoms with E-state index in [4.69, 9.17) is 5.11 Å². The van der Waals surface area contributed by atoms with Crippen LogP contribution in [0.5, 0.6) is 0 Å². The van der Waals surface area contributed by atoms with Crippen molar-refractivity contribution in [2.75, 3.05) is 18.1 Å². The van der Waals surface area contributed by atoms with E-state index in [9.17, 15) is 14.9 Å². The average Bonchev–Trinajstić information content (AvgIpc) is 2.71. The van der Waals surface area contributed by atoms with Crippen molar-refractivity contribution in [1.82, 2.24) is 0 Å². The number of rotatable bonds is 3. The van der Waals surface area contributed by atoms with E-state index in [0.717, 1.165) is 0 Å². The summed E-state index contributed by atoms with van der Waals surface area (Å²) in [5.74, 6) is -0.217. The molecule has 2 rings (SSSR count). The van der Waals surface area contributed by atoms with Crippen LogP contribution in [0.4, 0.5) is 11.4 Å². The Morgan fingerprint density at radius 3 is 2.83 bits per heavy atom. The summed E-state index contributed by atoms with van der Waals surface area (Å²) >= 11 is 3.10. The van der Waals surface area contributed by atoms with Crippen LogP contribution in [0, 0.1) is 16.0 Å². The van der Waals surface area contributed by atoms with Gasteiger partial charge < -0.3 is 10.0 Å². The summed E-state index contributed by atoms with van der Waals surface area (Å²) in [7, 11) is 0. The van der Waals surface area contributed by atoms with Crippen LogP contribution in [0.1, 0.15) is 6.42 Å². The molecule has 0 spiro atoms. The third-order valence-corrected chi connectivity index (χ3v) is 3.57. The number of carbonyl (C=O) groups is 1. The molecule has 1 heterocycles. The number of carbonyl (C=O) groups excluding carboxylic acids is 1. The van der Waals surface area contributed by atoms with Crippen molar-refractivity contribution in [3.8, 4) is 0 Å². The molecule has 0 aliphatic carbocycles. The Kier molecular flexibility index (Phi) is 3.63. The SMILES string of the molecule is O=C1CC(CO)CN1c1ccc(Br)c([N+](=O)[O-])c1. The summed E-state index contributed by atoms with van der Waals surface area (Å²) in [5, 5.41) is 19.9. The molecule has 0 bridgehead atoms. The first-order valence-electron chi connectivity index (χ1n) is 5.38. The number of hydrogen-bond acceptors (Lipinski definition) is 4. The normalized spacial score (nSPS) is 19.3. The second kappa shape index (κ2) is 5.03. The summed E-state index contributed by atoms with van der Waals surface area (Å²) < 4.78 is 0.376. The average molecular weight is 315 g/mol. The van der Waals surface area contributed by atoms with Gasteiger partial charge in [0.1, 0.15) is 0 Å². The molecule has 1 unspecified atom stereocenters. The van der Waals surface area contributed by atoms with Crippen molar-refractivity contribution in [1.29, 1.82) is 0 Å². The van der Waals surface area contributed by atoms with E-state index in [-0.39, 0.29) is 30.5 Å². The number of hydrogen-bond donors (Lipinski definition) is 1. The number of nitrogens with zero attached hydrogens (tertiary/aromatic N) is 2. The fourth-order valence-corrected chi connectivity index (χ4v) is 2.35. The molecule has 0 saturated carbocycles. The highest BCUT2D eigenvalue weighted by Gasteiger charge is 2.31. The number of aliphatic hydroxyl groups excluding tert-OH is 1. The van der Waals surface area contributed by atoms with Crippen molar-refractivity contribution in [2.24, 2.45) is 5.92 Å². The first-order chi connectivity index (χ1) is 8.52. The van der Waals surface area contributed by atoms with Gasteiger partial charge in [-0.25, -0.2) is 0 Å². The van der Waals surface area contributed by atoms with Crippen molar-refractivity contribution < 1.29 is 14.8 Å². The molecular weight excluding hydrogens is 304 g/mol. The number of anilines is 1. The summed E-state index contributed by atoms with van der Waals surface area (Å²) in [5.41, 5.74) is 0.415. The van der Waals surface area contributed by atoms with E-state index in [1.165, 1.54) is 11.0 Å². The molecule has 1 aromatic carbocycles. The van der Waals surface area contributed by atoms with Crippen LogP contribution in [0.15, 0.2) is 22.7 Å². The largest absolute Gasteiger partial charge is 0.396 e. The van der Waals surface area contributed by atoms with Gasteiger partial charge in [0, 0.05) is 31.6 Å². The van der Waals surface area contributed by atoms with Crippen LogP contribution in [0.2, 0.25) is 0 Å². The summed E-state index contributed by atoms with van der Waals surface area (Å²) in [4.78, 5) is 23.5. The predicted molar refractivity (Wildman–Crippen MR) is 68.3 cm³/mol. The Morgan fingerprint density at radius 1 is 1.56 bits per heavy atom. The second-order valence-electron chi connectivity index (χ2n) is 4.15. The maximum absolute atomic E-state index is 11.7. The fourth-order valence-electron chi connectivity index (χ4n) is 1.96. The van der Waals surface area contributed by atoms with E-state index in [0.29, 0.717) is 16.7 Å². The zero-order chi connectivity index (χ0) is 13.3. The molecule has 1 saturated heterocycles. The summed E-state index contributed by atoms with van der Waals surface area (Å²) in [6.45, 7) is 0.342. The van der Waals surface area contributed by atoms with Gasteiger partial charge >= 0.3 is 0 Å². The summed E-state index contributed by atoms with van der Waals surface area (Å²) in [6, 6.07) is 4.56. The molecule has 6 nitrogen and oxygen atoms in total. The number of aliphatic hydroxyl groups is 1. The molecule has 0 aromatic heterocycles. The lowest BCUT2D eigenvalue weighted by atomic mass is 10.1. The lowest BCUT2D eigenvalue weighted by Crippen LogP contribution is -2.24. The van der Waals surface area contributed by atoms with Gasteiger partial charge in [-0.1, -0.05) is 0 Å². The minimum absolute atomic E-state index is 0.0547. The lowest BCUT2D eigenvalue weighted by Gasteiger charge is -2.16. The molecule has 1 fully saturated rings. The molecule has 0 radical (unpaired) electrons. The highest BCUT2D eigenvalue weighted by atomic mass is 79.9. The Morgan fingerprint density at radius 2 is 2.28 bits per heavy atom. The number of nitro groups is 1. The molecule has 1 N–H and O–H groups in total.